The topological polar surface area (TPSA) is 214 Å². The van der Waals surface area contributed by atoms with E-state index in [0.717, 1.165) is 19.3 Å². The molecule has 0 aromatic heterocycles. The Morgan fingerprint density at radius 2 is 1.79 bits per heavy atom. The highest BCUT2D eigenvalue weighted by Gasteiger charge is 2.67. The molecule has 4 unspecified atom stereocenters. The van der Waals surface area contributed by atoms with Crippen molar-refractivity contribution >= 4 is 23.3 Å². The zero-order valence-electron chi connectivity index (χ0n) is 19.7. The zero-order valence-corrected chi connectivity index (χ0v) is 19.7. The smallest absolute Gasteiger partial charge is 0.211 e. The maximum Gasteiger partial charge on any atom is 0.211 e. The average molecular weight is 473 g/mol. The third kappa shape index (κ3) is 3.62. The van der Waals surface area contributed by atoms with Crippen LogP contribution in [0.5, 0.6) is 0 Å². The fraction of sp³-hybridized carbons (Fsp3) is 0.652. The van der Waals surface area contributed by atoms with E-state index in [1.165, 1.54) is 5.57 Å². The summed E-state index contributed by atoms with van der Waals surface area (Å²) in [5.41, 5.74) is 21.2. The van der Waals surface area contributed by atoms with E-state index >= 15 is 0 Å². The van der Waals surface area contributed by atoms with Gasteiger partial charge in [0.1, 0.15) is 5.60 Å². The van der Waals surface area contributed by atoms with E-state index in [4.69, 9.17) is 22.9 Å². The van der Waals surface area contributed by atoms with Gasteiger partial charge in [-0.2, -0.15) is 5.10 Å². The van der Waals surface area contributed by atoms with E-state index in [9.17, 15) is 15.3 Å². The minimum Gasteiger partial charge on any atom is -0.393 e. The van der Waals surface area contributed by atoms with Crippen molar-refractivity contribution in [1.82, 2.24) is 0 Å². The summed E-state index contributed by atoms with van der Waals surface area (Å²) < 4.78 is 0. The van der Waals surface area contributed by atoms with Crippen molar-refractivity contribution in [2.24, 2.45) is 71.9 Å². The number of hydrogen-bond donors (Lipinski definition) is 7. The molecule has 3 saturated carbocycles. The standard InChI is InChI=1S/C23H36N8O3/c1-21-7-5-13(28-30-19(24)25)9-12(21)3-4-14-15-6-8-23(34,17(11-32)29-31-20(26)27)22(15,2)10-16(33)18(14)21/h5,7,9,14-16,18,32-34H,3-4,6,8,10-11H2,1-2H3,(H4,24,25,30)(H4,26,27,31)/b28-13-,29-17+/t14?,15?,16?,18?,21-,22-,23-/m0/s1. The minimum absolute atomic E-state index is 0.0129. The Morgan fingerprint density at radius 3 is 2.44 bits per heavy atom. The molecule has 11 heteroatoms. The van der Waals surface area contributed by atoms with Crippen LogP contribution in [0.25, 0.3) is 0 Å². The van der Waals surface area contributed by atoms with Crippen LogP contribution < -0.4 is 22.9 Å². The molecule has 3 fully saturated rings. The van der Waals surface area contributed by atoms with Gasteiger partial charge in [0.05, 0.1) is 24.1 Å². The van der Waals surface area contributed by atoms with E-state index in [-0.39, 0.29) is 40.8 Å². The Bertz CT molecular complexity index is 1030. The van der Waals surface area contributed by atoms with E-state index in [2.05, 4.69) is 33.4 Å². The molecular formula is C23H36N8O3. The zero-order chi connectivity index (χ0) is 24.9. The number of aliphatic hydroxyl groups excluding tert-OH is 2. The molecule has 0 saturated heterocycles. The molecular weight excluding hydrogens is 436 g/mol. The summed E-state index contributed by atoms with van der Waals surface area (Å²) >= 11 is 0. The van der Waals surface area contributed by atoms with Crippen molar-refractivity contribution in [3.63, 3.8) is 0 Å². The molecule has 0 heterocycles. The number of rotatable bonds is 4. The van der Waals surface area contributed by atoms with Gasteiger partial charge in [-0.1, -0.05) is 25.5 Å². The average Bonchev–Trinajstić information content (AvgIpc) is 3.03. The Morgan fingerprint density at radius 1 is 1.09 bits per heavy atom. The predicted molar refractivity (Wildman–Crippen MR) is 132 cm³/mol. The molecule has 4 aliphatic rings. The number of guanidine groups is 2. The first-order chi connectivity index (χ1) is 16.0. The molecule has 186 valence electrons. The van der Waals surface area contributed by atoms with Crippen molar-refractivity contribution in [2.45, 2.75) is 57.7 Å². The molecule has 0 bridgehead atoms. The largest absolute Gasteiger partial charge is 0.393 e. The van der Waals surface area contributed by atoms with Crippen LogP contribution in [0, 0.1) is 28.6 Å². The van der Waals surface area contributed by atoms with Crippen LogP contribution in [0.1, 0.15) is 46.0 Å². The summed E-state index contributed by atoms with van der Waals surface area (Å²) in [5.74, 6) is -0.0258. The number of nitrogens with two attached hydrogens (primary N) is 4. The Kier molecular flexibility index (Phi) is 6.07. The van der Waals surface area contributed by atoms with Crippen LogP contribution in [0.15, 0.2) is 44.2 Å². The second-order valence-electron chi connectivity index (χ2n) is 10.5. The lowest BCUT2D eigenvalue weighted by Gasteiger charge is -2.59. The number of aliphatic hydroxyl groups is 3. The maximum absolute atomic E-state index is 11.8. The molecule has 11 N–H and O–H groups in total. The predicted octanol–water partition coefficient (Wildman–Crippen LogP) is -0.322. The number of fused-ring (bicyclic) bond motifs is 5. The molecule has 4 rings (SSSR count). The second kappa shape index (κ2) is 8.47. The van der Waals surface area contributed by atoms with E-state index in [0.29, 0.717) is 18.6 Å². The van der Waals surface area contributed by atoms with Crippen LogP contribution >= 0.6 is 0 Å². The normalized spacial score (nSPS) is 42.3. The number of hydrogen-bond acceptors (Lipinski definition) is 7. The molecule has 0 radical (unpaired) electrons. The third-order valence-electron chi connectivity index (χ3n) is 8.85. The molecule has 0 aromatic rings. The van der Waals surface area contributed by atoms with Crippen LogP contribution in [0.4, 0.5) is 0 Å². The number of nitrogens with zero attached hydrogens (tertiary/aromatic N) is 4. The van der Waals surface area contributed by atoms with Gasteiger partial charge >= 0.3 is 0 Å². The van der Waals surface area contributed by atoms with Gasteiger partial charge in [0.15, 0.2) is 0 Å². The summed E-state index contributed by atoms with van der Waals surface area (Å²) in [6.07, 6.45) is 8.64. The van der Waals surface area contributed by atoms with Gasteiger partial charge < -0.3 is 38.3 Å². The van der Waals surface area contributed by atoms with Crippen molar-refractivity contribution in [3.8, 4) is 0 Å². The monoisotopic (exact) mass is 472 g/mol. The number of allylic oxidation sites excluding steroid dienone is 4. The van der Waals surface area contributed by atoms with Crippen LogP contribution in [0.3, 0.4) is 0 Å². The summed E-state index contributed by atoms with van der Waals surface area (Å²) in [6, 6.07) is 0. The Labute approximate surface area is 199 Å². The fourth-order valence-corrected chi connectivity index (χ4v) is 7.36. The summed E-state index contributed by atoms with van der Waals surface area (Å²) in [7, 11) is 0. The van der Waals surface area contributed by atoms with E-state index in [1.54, 1.807) is 0 Å². The van der Waals surface area contributed by atoms with Gasteiger partial charge in [-0.3, -0.25) is 0 Å². The van der Waals surface area contributed by atoms with Crippen molar-refractivity contribution < 1.29 is 15.3 Å². The Hall–Kier alpha value is -2.76. The molecule has 0 amide bonds. The highest BCUT2D eigenvalue weighted by Crippen LogP contribution is 2.67. The van der Waals surface area contributed by atoms with Crippen LogP contribution in [0.2, 0.25) is 0 Å². The highest BCUT2D eigenvalue weighted by atomic mass is 16.3. The summed E-state index contributed by atoms with van der Waals surface area (Å²) in [4.78, 5) is 0. The lowest BCUT2D eigenvalue weighted by Crippen LogP contribution is -2.61. The lowest BCUT2D eigenvalue weighted by atomic mass is 9.46. The Balaban J connectivity index is 1.69. The van der Waals surface area contributed by atoms with E-state index in [1.807, 2.05) is 19.1 Å². The van der Waals surface area contributed by atoms with Gasteiger partial charge in [0, 0.05) is 16.7 Å². The molecule has 0 aliphatic heterocycles. The van der Waals surface area contributed by atoms with Crippen LogP contribution in [-0.2, 0) is 0 Å². The maximum atomic E-state index is 11.8. The first-order valence-electron chi connectivity index (χ1n) is 11.7. The highest BCUT2D eigenvalue weighted by molar-refractivity contribution is 6.06. The summed E-state index contributed by atoms with van der Waals surface area (Å²) in [5, 5.41) is 48.9. The third-order valence-corrected chi connectivity index (χ3v) is 8.85. The molecule has 0 spiro atoms. The van der Waals surface area contributed by atoms with Crippen molar-refractivity contribution in [2.75, 3.05) is 6.61 Å². The second-order valence-corrected chi connectivity index (χ2v) is 10.5. The molecule has 34 heavy (non-hydrogen) atoms. The van der Waals surface area contributed by atoms with Crippen LogP contribution in [-0.4, -0.2) is 57.0 Å². The quantitative estimate of drug-likeness (QED) is 0.164. The van der Waals surface area contributed by atoms with Gasteiger partial charge in [-0.15, -0.1) is 15.3 Å². The van der Waals surface area contributed by atoms with Gasteiger partial charge in [-0.25, -0.2) is 0 Å². The van der Waals surface area contributed by atoms with E-state index < -0.39 is 23.7 Å². The first kappa shape index (κ1) is 24.4. The minimum atomic E-state index is -1.41. The van der Waals surface area contributed by atoms with Crippen molar-refractivity contribution in [1.29, 1.82) is 0 Å². The lowest BCUT2D eigenvalue weighted by molar-refractivity contribution is -0.143. The first-order valence-corrected chi connectivity index (χ1v) is 11.7. The molecule has 0 aromatic carbocycles. The van der Waals surface area contributed by atoms with Gasteiger partial charge in [0.25, 0.3) is 0 Å². The SMILES string of the molecule is C[C@]12C=C/C(=N/N=C(N)N)C=C1CCC1C2C(O)C[C@@]2(C)C1CC[C@]2(O)/C(CO)=N/N=C(N)N. The molecule has 11 nitrogen and oxygen atoms in total. The van der Waals surface area contributed by atoms with Crippen molar-refractivity contribution in [3.05, 3.63) is 23.8 Å². The molecule has 7 atom stereocenters. The fourth-order valence-electron chi connectivity index (χ4n) is 7.36. The van der Waals surface area contributed by atoms with Gasteiger partial charge in [-0.05, 0) is 56.1 Å². The summed E-state index contributed by atoms with van der Waals surface area (Å²) in [6.45, 7) is 3.69. The van der Waals surface area contributed by atoms with Gasteiger partial charge in [0.2, 0.25) is 11.9 Å². The molecule has 4 aliphatic carbocycles.